The lowest BCUT2D eigenvalue weighted by molar-refractivity contribution is 0.106. The molecule has 1 atom stereocenters. The van der Waals surface area contributed by atoms with Gasteiger partial charge in [-0.1, -0.05) is 28.1 Å². The molecule has 76 valence electrons. The maximum atomic E-state index is 5.82. The molecule has 3 heteroatoms. The molecule has 0 aliphatic carbocycles. The zero-order chi connectivity index (χ0) is 10.1. The molecule has 0 saturated carbocycles. The number of hydrogen-bond donors (Lipinski definition) is 0. The fourth-order valence-electron chi connectivity index (χ4n) is 1.54. The van der Waals surface area contributed by atoms with Crippen molar-refractivity contribution in [2.75, 3.05) is 11.9 Å². The van der Waals surface area contributed by atoms with Gasteiger partial charge in [-0.3, -0.25) is 0 Å². The van der Waals surface area contributed by atoms with Crippen molar-refractivity contribution >= 4 is 15.9 Å². The Balaban J connectivity index is 2.40. The Morgan fingerprint density at radius 3 is 2.57 bits per heavy atom. The highest BCUT2D eigenvalue weighted by molar-refractivity contribution is 9.09. The van der Waals surface area contributed by atoms with Gasteiger partial charge in [-0.15, -0.1) is 0 Å². The van der Waals surface area contributed by atoms with Crippen LogP contribution in [-0.4, -0.2) is 18.0 Å². The van der Waals surface area contributed by atoms with Gasteiger partial charge < -0.3 is 9.47 Å². The molecule has 1 unspecified atom stereocenters. The smallest absolute Gasteiger partial charge is 0.165 e. The van der Waals surface area contributed by atoms with Crippen molar-refractivity contribution in [1.82, 2.24) is 0 Å². The Morgan fingerprint density at radius 1 is 1.29 bits per heavy atom. The minimum Gasteiger partial charge on any atom is -0.486 e. The first-order valence-electron chi connectivity index (χ1n) is 4.68. The van der Waals surface area contributed by atoms with E-state index in [1.54, 1.807) is 0 Å². The summed E-state index contributed by atoms with van der Waals surface area (Å²) in [6.07, 6.45) is 0.128. The fourth-order valence-corrected chi connectivity index (χ4v) is 1.86. The van der Waals surface area contributed by atoms with Crippen LogP contribution >= 0.6 is 15.9 Å². The van der Waals surface area contributed by atoms with Gasteiger partial charge >= 0.3 is 0 Å². The minimum absolute atomic E-state index is 0.128. The van der Waals surface area contributed by atoms with Crippen LogP contribution in [0.4, 0.5) is 0 Å². The molecule has 0 bridgehead atoms. The van der Waals surface area contributed by atoms with Crippen LogP contribution in [0.15, 0.2) is 12.1 Å². The van der Waals surface area contributed by atoms with E-state index >= 15 is 0 Å². The Hall–Kier alpha value is -0.700. The van der Waals surface area contributed by atoms with E-state index in [9.17, 15) is 0 Å². The number of benzene rings is 1. The largest absolute Gasteiger partial charge is 0.486 e. The van der Waals surface area contributed by atoms with Crippen molar-refractivity contribution in [2.24, 2.45) is 0 Å². The molecule has 1 aromatic rings. The standard InChI is InChI=1S/C11H13BrO2/c1-7-3-4-8(2)11-10(7)13-6-9(5-12)14-11/h3-4,9H,5-6H2,1-2H3. The predicted octanol–water partition coefficient (Wildman–Crippen LogP) is 2.84. The summed E-state index contributed by atoms with van der Waals surface area (Å²) < 4.78 is 11.5. The molecular weight excluding hydrogens is 244 g/mol. The second-order valence-corrected chi connectivity index (χ2v) is 4.21. The lowest BCUT2D eigenvalue weighted by atomic mass is 10.1. The van der Waals surface area contributed by atoms with E-state index in [2.05, 4.69) is 28.1 Å². The van der Waals surface area contributed by atoms with Gasteiger partial charge in [0.1, 0.15) is 12.7 Å². The quantitative estimate of drug-likeness (QED) is 0.720. The highest BCUT2D eigenvalue weighted by Gasteiger charge is 2.22. The summed E-state index contributed by atoms with van der Waals surface area (Å²) in [4.78, 5) is 0. The Labute approximate surface area is 92.3 Å². The number of ether oxygens (including phenoxy) is 2. The van der Waals surface area contributed by atoms with Crippen molar-refractivity contribution in [2.45, 2.75) is 20.0 Å². The normalized spacial score (nSPS) is 19.5. The fraction of sp³-hybridized carbons (Fsp3) is 0.455. The molecule has 0 amide bonds. The van der Waals surface area contributed by atoms with E-state index in [1.165, 1.54) is 0 Å². The molecule has 0 saturated heterocycles. The first kappa shape index (κ1) is 9.84. The van der Waals surface area contributed by atoms with Gasteiger partial charge in [-0.25, -0.2) is 0 Å². The SMILES string of the molecule is Cc1ccc(C)c2c1OCC(CBr)O2. The summed E-state index contributed by atoms with van der Waals surface area (Å²) in [5.41, 5.74) is 2.27. The molecule has 1 heterocycles. The summed E-state index contributed by atoms with van der Waals surface area (Å²) in [5, 5.41) is 0.805. The van der Waals surface area contributed by atoms with E-state index in [0.717, 1.165) is 28.0 Å². The van der Waals surface area contributed by atoms with Crippen molar-refractivity contribution in [3.05, 3.63) is 23.3 Å². The molecule has 0 fully saturated rings. The van der Waals surface area contributed by atoms with Crippen LogP contribution < -0.4 is 9.47 Å². The van der Waals surface area contributed by atoms with Gasteiger partial charge in [0.25, 0.3) is 0 Å². The topological polar surface area (TPSA) is 18.5 Å². The molecule has 14 heavy (non-hydrogen) atoms. The zero-order valence-electron chi connectivity index (χ0n) is 8.34. The van der Waals surface area contributed by atoms with Crippen LogP contribution in [0.2, 0.25) is 0 Å². The maximum Gasteiger partial charge on any atom is 0.165 e. The monoisotopic (exact) mass is 256 g/mol. The Bertz CT molecular complexity index is 349. The number of fused-ring (bicyclic) bond motifs is 1. The zero-order valence-corrected chi connectivity index (χ0v) is 9.93. The third-order valence-corrected chi connectivity index (χ3v) is 3.10. The summed E-state index contributed by atoms with van der Waals surface area (Å²) in [5.74, 6) is 1.81. The van der Waals surface area contributed by atoms with Crippen molar-refractivity contribution in [3.8, 4) is 11.5 Å². The molecule has 0 aromatic heterocycles. The van der Waals surface area contributed by atoms with Gasteiger partial charge in [0, 0.05) is 5.33 Å². The van der Waals surface area contributed by atoms with Gasteiger partial charge in [-0.05, 0) is 25.0 Å². The molecule has 0 spiro atoms. The van der Waals surface area contributed by atoms with Crippen LogP contribution in [-0.2, 0) is 0 Å². The first-order valence-corrected chi connectivity index (χ1v) is 5.80. The average molecular weight is 257 g/mol. The summed E-state index contributed by atoms with van der Waals surface area (Å²) in [6.45, 7) is 4.71. The van der Waals surface area contributed by atoms with Crippen molar-refractivity contribution < 1.29 is 9.47 Å². The summed E-state index contributed by atoms with van der Waals surface area (Å²) in [7, 11) is 0. The summed E-state index contributed by atoms with van der Waals surface area (Å²) >= 11 is 3.40. The van der Waals surface area contributed by atoms with Gasteiger partial charge in [0.2, 0.25) is 0 Å². The average Bonchev–Trinajstić information content (AvgIpc) is 2.23. The molecule has 2 rings (SSSR count). The van der Waals surface area contributed by atoms with E-state index in [1.807, 2.05) is 13.8 Å². The lowest BCUT2D eigenvalue weighted by Gasteiger charge is -2.27. The second-order valence-electron chi connectivity index (χ2n) is 3.56. The van der Waals surface area contributed by atoms with E-state index < -0.39 is 0 Å². The van der Waals surface area contributed by atoms with Gasteiger partial charge in [-0.2, -0.15) is 0 Å². The minimum atomic E-state index is 0.128. The first-order chi connectivity index (χ1) is 6.72. The number of hydrogen-bond acceptors (Lipinski definition) is 2. The van der Waals surface area contributed by atoms with Crippen molar-refractivity contribution in [1.29, 1.82) is 0 Å². The van der Waals surface area contributed by atoms with Crippen molar-refractivity contribution in [3.63, 3.8) is 0 Å². The number of alkyl halides is 1. The molecule has 1 aliphatic heterocycles. The Morgan fingerprint density at radius 2 is 1.93 bits per heavy atom. The molecule has 0 radical (unpaired) electrons. The van der Waals surface area contributed by atoms with Gasteiger partial charge in [0.05, 0.1) is 0 Å². The second kappa shape index (κ2) is 3.81. The van der Waals surface area contributed by atoms with Gasteiger partial charge in [0.15, 0.2) is 11.5 Å². The van der Waals surface area contributed by atoms with Crippen LogP contribution in [0.3, 0.4) is 0 Å². The van der Waals surface area contributed by atoms with Crippen LogP contribution in [0.5, 0.6) is 11.5 Å². The van der Waals surface area contributed by atoms with E-state index in [0.29, 0.717) is 6.61 Å². The summed E-state index contributed by atoms with van der Waals surface area (Å²) in [6, 6.07) is 4.13. The number of aryl methyl sites for hydroxylation is 2. The number of rotatable bonds is 1. The Kier molecular flexibility index (Phi) is 2.68. The lowest BCUT2D eigenvalue weighted by Crippen LogP contribution is -2.31. The van der Waals surface area contributed by atoms with Crippen LogP contribution in [0.1, 0.15) is 11.1 Å². The van der Waals surface area contributed by atoms with Crippen LogP contribution in [0.25, 0.3) is 0 Å². The number of halogens is 1. The third kappa shape index (κ3) is 1.61. The van der Waals surface area contributed by atoms with Crippen LogP contribution in [0, 0.1) is 13.8 Å². The molecule has 1 aliphatic rings. The van der Waals surface area contributed by atoms with E-state index in [-0.39, 0.29) is 6.10 Å². The van der Waals surface area contributed by atoms with E-state index in [4.69, 9.17) is 9.47 Å². The third-order valence-electron chi connectivity index (χ3n) is 2.38. The molecule has 0 N–H and O–H groups in total. The highest BCUT2D eigenvalue weighted by Crippen LogP contribution is 2.37. The highest BCUT2D eigenvalue weighted by atomic mass is 79.9. The molecule has 1 aromatic carbocycles. The molecule has 2 nitrogen and oxygen atoms in total. The predicted molar refractivity (Wildman–Crippen MR) is 59.6 cm³/mol. The molecular formula is C11H13BrO2. The maximum absolute atomic E-state index is 5.82.